The van der Waals surface area contributed by atoms with Gasteiger partial charge < -0.3 is 10.1 Å². The Morgan fingerprint density at radius 2 is 1.96 bits per heavy atom. The van der Waals surface area contributed by atoms with Crippen LogP contribution < -0.4 is 10.1 Å². The number of anilines is 1. The molecule has 0 aliphatic heterocycles. The molecule has 7 nitrogen and oxygen atoms in total. The number of methoxy groups -OCH3 is 1. The third kappa shape index (κ3) is 3.35. The first-order valence-electron chi connectivity index (χ1n) is 8.38. The molecule has 4 aromatic rings. The van der Waals surface area contributed by atoms with Gasteiger partial charge in [-0.25, -0.2) is 9.50 Å². The highest BCUT2D eigenvalue weighted by Crippen LogP contribution is 2.20. The molecule has 0 saturated carbocycles. The Morgan fingerprint density at radius 3 is 2.74 bits per heavy atom. The molecular weight excluding hydrogens is 342 g/mol. The fourth-order valence-electron chi connectivity index (χ4n) is 2.78. The first-order valence-corrected chi connectivity index (χ1v) is 8.38. The summed E-state index contributed by atoms with van der Waals surface area (Å²) in [4.78, 5) is 21.4. The van der Waals surface area contributed by atoms with Gasteiger partial charge in [-0.1, -0.05) is 12.1 Å². The van der Waals surface area contributed by atoms with E-state index >= 15 is 0 Å². The van der Waals surface area contributed by atoms with Crippen molar-refractivity contribution in [2.45, 2.75) is 6.92 Å². The fourth-order valence-corrected chi connectivity index (χ4v) is 2.78. The van der Waals surface area contributed by atoms with Gasteiger partial charge in [0.25, 0.3) is 5.91 Å². The normalized spacial score (nSPS) is 10.7. The molecule has 0 aliphatic carbocycles. The van der Waals surface area contributed by atoms with Crippen LogP contribution in [0.25, 0.3) is 17.0 Å². The van der Waals surface area contributed by atoms with E-state index in [0.29, 0.717) is 28.5 Å². The van der Waals surface area contributed by atoms with Gasteiger partial charge in [-0.2, -0.15) is 5.10 Å². The van der Waals surface area contributed by atoms with Crippen LogP contribution >= 0.6 is 0 Å². The van der Waals surface area contributed by atoms with Gasteiger partial charge in [0.15, 0.2) is 5.65 Å². The fraction of sp³-hybridized carbons (Fsp3) is 0.100. The lowest BCUT2D eigenvalue weighted by molar-refractivity contribution is 0.102. The lowest BCUT2D eigenvalue weighted by atomic mass is 10.2. The van der Waals surface area contributed by atoms with Crippen LogP contribution in [0, 0.1) is 6.92 Å². The number of nitrogens with one attached hydrogen (secondary N) is 1. The number of fused-ring (bicyclic) bond motifs is 1. The molecular formula is C20H17N5O2. The molecule has 1 aromatic carbocycles. The van der Waals surface area contributed by atoms with E-state index in [-0.39, 0.29) is 5.91 Å². The highest BCUT2D eigenvalue weighted by molar-refractivity contribution is 6.03. The topological polar surface area (TPSA) is 81.4 Å². The average molecular weight is 359 g/mol. The van der Waals surface area contributed by atoms with Crippen molar-refractivity contribution in [3.8, 4) is 17.1 Å². The van der Waals surface area contributed by atoms with Crippen molar-refractivity contribution in [2.75, 3.05) is 12.4 Å². The molecule has 7 heteroatoms. The highest BCUT2D eigenvalue weighted by Gasteiger charge is 2.14. The number of hydrogen-bond acceptors (Lipinski definition) is 5. The first-order chi connectivity index (χ1) is 13.1. The van der Waals surface area contributed by atoms with Crippen LogP contribution in [0.2, 0.25) is 0 Å². The molecule has 0 radical (unpaired) electrons. The maximum atomic E-state index is 12.6. The minimum atomic E-state index is -0.297. The largest absolute Gasteiger partial charge is 0.497 e. The van der Waals surface area contributed by atoms with Gasteiger partial charge in [-0.05, 0) is 37.3 Å². The second kappa shape index (κ2) is 6.87. The van der Waals surface area contributed by atoms with Crippen molar-refractivity contribution in [1.82, 2.24) is 19.6 Å². The van der Waals surface area contributed by atoms with Gasteiger partial charge >= 0.3 is 0 Å². The van der Waals surface area contributed by atoms with Crippen molar-refractivity contribution in [2.24, 2.45) is 0 Å². The number of benzene rings is 1. The highest BCUT2D eigenvalue weighted by atomic mass is 16.5. The summed E-state index contributed by atoms with van der Waals surface area (Å²) < 4.78 is 6.88. The lowest BCUT2D eigenvalue weighted by Crippen LogP contribution is -2.15. The van der Waals surface area contributed by atoms with E-state index < -0.39 is 0 Å². The summed E-state index contributed by atoms with van der Waals surface area (Å²) in [5.41, 5.74) is 3.81. The summed E-state index contributed by atoms with van der Waals surface area (Å²) in [6.45, 7) is 1.88. The zero-order valence-electron chi connectivity index (χ0n) is 14.9. The van der Waals surface area contributed by atoms with Crippen molar-refractivity contribution < 1.29 is 9.53 Å². The molecule has 27 heavy (non-hydrogen) atoms. The monoisotopic (exact) mass is 359 g/mol. The molecule has 0 spiro atoms. The maximum absolute atomic E-state index is 12.6. The van der Waals surface area contributed by atoms with Crippen LogP contribution in [0.3, 0.4) is 0 Å². The van der Waals surface area contributed by atoms with E-state index in [2.05, 4.69) is 20.4 Å². The summed E-state index contributed by atoms with van der Waals surface area (Å²) >= 11 is 0. The summed E-state index contributed by atoms with van der Waals surface area (Å²) in [6, 6.07) is 16.3. The number of pyridine rings is 1. The third-order valence-electron chi connectivity index (χ3n) is 4.09. The molecule has 134 valence electrons. The van der Waals surface area contributed by atoms with E-state index in [1.807, 2.05) is 43.3 Å². The van der Waals surface area contributed by atoms with E-state index in [4.69, 9.17) is 4.74 Å². The van der Waals surface area contributed by atoms with Crippen LogP contribution in [0.4, 0.5) is 5.69 Å². The first kappa shape index (κ1) is 16.7. The van der Waals surface area contributed by atoms with Crippen LogP contribution in [0.15, 0.2) is 60.8 Å². The summed E-state index contributed by atoms with van der Waals surface area (Å²) in [5, 5.41) is 7.37. The van der Waals surface area contributed by atoms with Gasteiger partial charge in [0.2, 0.25) is 0 Å². The Balaban J connectivity index is 1.67. The van der Waals surface area contributed by atoms with Crippen molar-refractivity contribution in [1.29, 1.82) is 0 Å². The van der Waals surface area contributed by atoms with Crippen molar-refractivity contribution in [3.63, 3.8) is 0 Å². The number of nitrogens with zero attached hydrogens (tertiary/aromatic N) is 4. The Labute approximate surface area is 155 Å². The minimum Gasteiger partial charge on any atom is -0.497 e. The molecule has 1 N–H and O–H groups in total. The maximum Gasteiger partial charge on any atom is 0.274 e. The van der Waals surface area contributed by atoms with E-state index in [1.54, 1.807) is 36.0 Å². The predicted molar refractivity (Wildman–Crippen MR) is 102 cm³/mol. The van der Waals surface area contributed by atoms with Crippen molar-refractivity contribution in [3.05, 3.63) is 72.2 Å². The van der Waals surface area contributed by atoms with Crippen LogP contribution in [-0.4, -0.2) is 32.6 Å². The zero-order chi connectivity index (χ0) is 18.8. The molecule has 1 amide bonds. The third-order valence-corrected chi connectivity index (χ3v) is 4.09. The Hall–Kier alpha value is -3.74. The standard InChI is InChI=1S/C20H17N5O2/c1-13-10-18(20(26)22-14-6-5-7-15(11-14)27-2)23-19-12-17(24-25(13)19)16-8-3-4-9-21-16/h3-12H,1-2H3,(H,22,26). The summed E-state index contributed by atoms with van der Waals surface area (Å²) in [6.07, 6.45) is 1.71. The predicted octanol–water partition coefficient (Wildman–Crippen LogP) is 3.36. The van der Waals surface area contributed by atoms with E-state index in [0.717, 1.165) is 11.4 Å². The molecule has 0 saturated heterocycles. The number of aryl methyl sites for hydroxylation is 1. The number of hydrogen-bond donors (Lipinski definition) is 1. The Morgan fingerprint density at radius 1 is 1.07 bits per heavy atom. The average Bonchev–Trinajstić information content (AvgIpc) is 3.14. The number of carbonyl (C=O) groups excluding carboxylic acids is 1. The van der Waals surface area contributed by atoms with Crippen LogP contribution in [-0.2, 0) is 0 Å². The van der Waals surface area contributed by atoms with Gasteiger partial charge in [0.05, 0.1) is 12.8 Å². The molecule has 0 bridgehead atoms. The van der Waals surface area contributed by atoms with Gasteiger partial charge in [-0.15, -0.1) is 0 Å². The van der Waals surface area contributed by atoms with Gasteiger partial charge in [-0.3, -0.25) is 9.78 Å². The number of carbonyl (C=O) groups is 1. The van der Waals surface area contributed by atoms with Crippen LogP contribution in [0.5, 0.6) is 5.75 Å². The van der Waals surface area contributed by atoms with Crippen LogP contribution in [0.1, 0.15) is 16.2 Å². The SMILES string of the molecule is COc1cccc(NC(=O)c2cc(C)n3nc(-c4ccccn4)cc3n2)c1. The minimum absolute atomic E-state index is 0.297. The molecule has 0 fully saturated rings. The smallest absolute Gasteiger partial charge is 0.274 e. The molecule has 0 atom stereocenters. The molecule has 4 rings (SSSR count). The van der Waals surface area contributed by atoms with Crippen molar-refractivity contribution >= 4 is 17.2 Å². The number of ether oxygens (including phenoxy) is 1. The summed E-state index contributed by atoms with van der Waals surface area (Å²) in [5.74, 6) is 0.373. The Bertz CT molecular complexity index is 1120. The molecule has 0 unspecified atom stereocenters. The second-order valence-corrected chi connectivity index (χ2v) is 5.98. The molecule has 3 aromatic heterocycles. The lowest BCUT2D eigenvalue weighted by Gasteiger charge is -2.07. The molecule has 3 heterocycles. The quantitative estimate of drug-likeness (QED) is 0.604. The second-order valence-electron chi connectivity index (χ2n) is 5.98. The summed E-state index contributed by atoms with van der Waals surface area (Å²) in [7, 11) is 1.58. The number of aromatic nitrogens is 4. The van der Waals surface area contributed by atoms with Gasteiger partial charge in [0, 0.05) is 29.7 Å². The number of amides is 1. The van der Waals surface area contributed by atoms with E-state index in [1.165, 1.54) is 0 Å². The zero-order valence-corrected chi connectivity index (χ0v) is 14.9. The molecule has 0 aliphatic rings. The van der Waals surface area contributed by atoms with Gasteiger partial charge in [0.1, 0.15) is 17.1 Å². The Kier molecular flexibility index (Phi) is 4.25. The van der Waals surface area contributed by atoms with E-state index in [9.17, 15) is 4.79 Å². The number of rotatable bonds is 4.